The van der Waals surface area contributed by atoms with Gasteiger partial charge in [-0.05, 0) is 43.6 Å². The first-order valence-corrected chi connectivity index (χ1v) is 8.68. The average molecular weight is 351 g/mol. The van der Waals surface area contributed by atoms with Gasteiger partial charge in [0.15, 0.2) is 11.5 Å². The van der Waals surface area contributed by atoms with Crippen LogP contribution < -0.4 is 15.2 Å². The fraction of sp³-hybridized carbons (Fsp3) is 0.611. The van der Waals surface area contributed by atoms with Crippen LogP contribution >= 0.6 is 0 Å². The molecule has 0 amide bonds. The number of nitrogens with zero attached hydrogens (tertiary/aromatic N) is 2. The lowest BCUT2D eigenvalue weighted by Crippen LogP contribution is -2.38. The molecule has 7 nitrogen and oxygen atoms in total. The van der Waals surface area contributed by atoms with Crippen LogP contribution in [0.25, 0.3) is 0 Å². The molecule has 0 aliphatic carbocycles. The summed E-state index contributed by atoms with van der Waals surface area (Å²) >= 11 is 0. The number of hydrogen-bond acceptors (Lipinski definition) is 6. The van der Waals surface area contributed by atoms with Gasteiger partial charge in [-0.2, -0.15) is 0 Å². The van der Waals surface area contributed by atoms with Gasteiger partial charge in [0, 0.05) is 13.0 Å². The van der Waals surface area contributed by atoms with E-state index < -0.39 is 6.10 Å². The Morgan fingerprint density at radius 1 is 1.20 bits per heavy atom. The van der Waals surface area contributed by atoms with Gasteiger partial charge in [-0.25, -0.2) is 0 Å². The van der Waals surface area contributed by atoms with E-state index in [0.717, 1.165) is 18.7 Å². The molecule has 0 spiro atoms. The van der Waals surface area contributed by atoms with Gasteiger partial charge in [0.05, 0.1) is 14.2 Å². The maximum absolute atomic E-state index is 10.0. The second-order valence-corrected chi connectivity index (χ2v) is 6.26. The summed E-state index contributed by atoms with van der Waals surface area (Å²) < 4.78 is 10.5. The van der Waals surface area contributed by atoms with Gasteiger partial charge < -0.3 is 30.1 Å². The zero-order valence-electron chi connectivity index (χ0n) is 15.1. The van der Waals surface area contributed by atoms with Crippen LogP contribution in [0.5, 0.6) is 11.5 Å². The first-order valence-electron chi connectivity index (χ1n) is 8.68. The molecular formula is C18H29N3O4. The second-order valence-electron chi connectivity index (χ2n) is 6.26. The van der Waals surface area contributed by atoms with Crippen LogP contribution in [-0.4, -0.2) is 62.4 Å². The van der Waals surface area contributed by atoms with Gasteiger partial charge in [-0.3, -0.25) is 0 Å². The molecule has 1 aliphatic heterocycles. The predicted octanol–water partition coefficient (Wildman–Crippen LogP) is 1.38. The predicted molar refractivity (Wildman–Crippen MR) is 97.1 cm³/mol. The number of aliphatic hydroxyl groups is 1. The van der Waals surface area contributed by atoms with E-state index in [9.17, 15) is 5.11 Å². The Morgan fingerprint density at radius 3 is 2.60 bits per heavy atom. The van der Waals surface area contributed by atoms with E-state index in [2.05, 4.69) is 10.1 Å². The van der Waals surface area contributed by atoms with Crippen molar-refractivity contribution in [1.82, 2.24) is 4.90 Å². The number of rotatable bonds is 9. The number of aliphatic hydroxyl groups excluding tert-OH is 1. The Balaban J connectivity index is 1.77. The van der Waals surface area contributed by atoms with Crippen molar-refractivity contribution in [3.63, 3.8) is 0 Å². The maximum Gasteiger partial charge on any atom is 0.161 e. The summed E-state index contributed by atoms with van der Waals surface area (Å²) in [4.78, 5) is 7.46. The first-order chi connectivity index (χ1) is 12.1. The quantitative estimate of drug-likeness (QED) is 0.397. The molecule has 1 saturated heterocycles. The topological polar surface area (TPSA) is 89.5 Å². The summed E-state index contributed by atoms with van der Waals surface area (Å²) in [5, 5.41) is 13.9. The maximum atomic E-state index is 10.0. The van der Waals surface area contributed by atoms with Gasteiger partial charge in [-0.1, -0.05) is 17.6 Å². The highest BCUT2D eigenvalue weighted by Gasteiger charge is 2.15. The van der Waals surface area contributed by atoms with Crippen molar-refractivity contribution in [2.75, 3.05) is 40.5 Å². The lowest BCUT2D eigenvalue weighted by molar-refractivity contribution is 0.0155. The molecule has 1 unspecified atom stereocenters. The highest BCUT2D eigenvalue weighted by Crippen LogP contribution is 2.27. The summed E-state index contributed by atoms with van der Waals surface area (Å²) in [6.45, 7) is 2.85. The molecular weight excluding hydrogens is 322 g/mol. The molecule has 0 aromatic heterocycles. The molecule has 3 N–H and O–H groups in total. The molecule has 0 bridgehead atoms. The Morgan fingerprint density at radius 2 is 1.92 bits per heavy atom. The van der Waals surface area contributed by atoms with Crippen molar-refractivity contribution in [2.24, 2.45) is 10.9 Å². The summed E-state index contributed by atoms with van der Waals surface area (Å²) in [6, 6.07) is 5.58. The van der Waals surface area contributed by atoms with Crippen LogP contribution in [0.15, 0.2) is 23.4 Å². The highest BCUT2D eigenvalue weighted by atomic mass is 16.6. The van der Waals surface area contributed by atoms with Gasteiger partial charge in [-0.15, -0.1) is 0 Å². The number of hydrogen-bond donors (Lipinski definition) is 2. The molecule has 1 aromatic carbocycles. The Hall–Kier alpha value is -1.99. The monoisotopic (exact) mass is 351 g/mol. The fourth-order valence-corrected chi connectivity index (χ4v) is 2.93. The Kier molecular flexibility index (Phi) is 7.81. The van der Waals surface area contributed by atoms with Crippen molar-refractivity contribution in [3.8, 4) is 11.5 Å². The molecule has 1 aliphatic rings. The number of likely N-dealkylation sites (tertiary alicyclic amines) is 1. The van der Waals surface area contributed by atoms with Crippen LogP contribution in [0.3, 0.4) is 0 Å². The Bertz CT molecular complexity index is 559. The van der Waals surface area contributed by atoms with Crippen LogP contribution in [0.1, 0.15) is 24.8 Å². The average Bonchev–Trinajstić information content (AvgIpc) is 2.62. The first kappa shape index (κ1) is 19.3. The number of amidine groups is 1. The molecule has 7 heteroatoms. The lowest BCUT2D eigenvalue weighted by Gasteiger charge is -2.27. The van der Waals surface area contributed by atoms with Crippen molar-refractivity contribution in [1.29, 1.82) is 0 Å². The largest absolute Gasteiger partial charge is 0.493 e. The van der Waals surface area contributed by atoms with Gasteiger partial charge in [0.2, 0.25) is 0 Å². The zero-order chi connectivity index (χ0) is 18.1. The zero-order valence-corrected chi connectivity index (χ0v) is 15.1. The number of methoxy groups -OCH3 is 2. The Labute approximate surface area is 149 Å². The van der Waals surface area contributed by atoms with Crippen molar-refractivity contribution < 1.29 is 19.4 Å². The summed E-state index contributed by atoms with van der Waals surface area (Å²) in [5.74, 6) is 1.65. The minimum atomic E-state index is -0.560. The SMILES string of the molecule is COc1ccc(C/C(N)=N/OCC(O)CN2CCCCC2)cc1OC. The smallest absolute Gasteiger partial charge is 0.161 e. The van der Waals surface area contributed by atoms with Crippen molar-refractivity contribution >= 4 is 5.84 Å². The number of benzene rings is 1. The summed E-state index contributed by atoms with van der Waals surface area (Å²) in [5.41, 5.74) is 6.84. The second kappa shape index (κ2) is 10.1. The number of piperidine rings is 1. The van der Waals surface area contributed by atoms with Crippen LogP contribution in [0.2, 0.25) is 0 Å². The van der Waals surface area contributed by atoms with Crippen LogP contribution in [-0.2, 0) is 11.3 Å². The van der Waals surface area contributed by atoms with E-state index in [1.807, 2.05) is 18.2 Å². The van der Waals surface area contributed by atoms with E-state index in [-0.39, 0.29) is 6.61 Å². The van der Waals surface area contributed by atoms with Gasteiger partial charge in [0.25, 0.3) is 0 Å². The highest BCUT2D eigenvalue weighted by molar-refractivity contribution is 5.82. The fourth-order valence-electron chi connectivity index (χ4n) is 2.93. The third-order valence-corrected chi connectivity index (χ3v) is 4.20. The van der Waals surface area contributed by atoms with Crippen molar-refractivity contribution in [2.45, 2.75) is 31.8 Å². The van der Waals surface area contributed by atoms with Gasteiger partial charge in [0.1, 0.15) is 18.5 Å². The van der Waals surface area contributed by atoms with E-state index in [4.69, 9.17) is 20.0 Å². The molecule has 25 heavy (non-hydrogen) atoms. The minimum absolute atomic E-state index is 0.142. The summed E-state index contributed by atoms with van der Waals surface area (Å²) in [6.07, 6.45) is 3.55. The van der Waals surface area contributed by atoms with E-state index in [0.29, 0.717) is 30.3 Å². The molecule has 140 valence electrons. The number of oxime groups is 1. The minimum Gasteiger partial charge on any atom is -0.493 e. The molecule has 1 heterocycles. The normalized spacial score (nSPS) is 17.2. The molecule has 1 aromatic rings. The van der Waals surface area contributed by atoms with E-state index in [1.54, 1.807) is 14.2 Å². The number of nitrogens with two attached hydrogens (primary N) is 1. The third-order valence-electron chi connectivity index (χ3n) is 4.20. The molecule has 0 saturated carbocycles. The van der Waals surface area contributed by atoms with Crippen LogP contribution in [0, 0.1) is 0 Å². The lowest BCUT2D eigenvalue weighted by atomic mass is 10.1. The molecule has 1 atom stereocenters. The molecule has 1 fully saturated rings. The van der Waals surface area contributed by atoms with E-state index in [1.165, 1.54) is 19.3 Å². The molecule has 0 radical (unpaired) electrons. The van der Waals surface area contributed by atoms with Crippen molar-refractivity contribution in [3.05, 3.63) is 23.8 Å². The van der Waals surface area contributed by atoms with Crippen LogP contribution in [0.4, 0.5) is 0 Å². The number of β-amino-alcohol motifs (C(OH)–C–C–N with tert-alkyl or cyclic N) is 1. The van der Waals surface area contributed by atoms with E-state index >= 15 is 0 Å². The standard InChI is InChI=1S/C18H29N3O4/c1-23-16-7-6-14(10-17(16)24-2)11-18(19)20-25-13-15(22)12-21-8-4-3-5-9-21/h6-7,10,15,22H,3-5,8-9,11-13H2,1-2H3,(H2,19,20). The number of ether oxygens (including phenoxy) is 2. The third kappa shape index (κ3) is 6.43. The molecule has 2 rings (SSSR count). The van der Waals surface area contributed by atoms with Gasteiger partial charge >= 0.3 is 0 Å². The summed E-state index contributed by atoms with van der Waals surface area (Å²) in [7, 11) is 3.18.